The quantitative estimate of drug-likeness (QED) is 0.780. The van der Waals surface area contributed by atoms with E-state index in [-0.39, 0.29) is 24.2 Å². The Kier molecular flexibility index (Phi) is 5.98. The molecule has 1 unspecified atom stereocenters. The highest BCUT2D eigenvalue weighted by Crippen LogP contribution is 2.05. The summed E-state index contributed by atoms with van der Waals surface area (Å²) in [6.45, 7) is 2.01. The Hall–Kier alpha value is -1.09. The van der Waals surface area contributed by atoms with Crippen LogP contribution in [-0.2, 0) is 11.2 Å². The van der Waals surface area contributed by atoms with Crippen molar-refractivity contribution in [3.05, 3.63) is 35.6 Å². The van der Waals surface area contributed by atoms with Crippen LogP contribution in [0.2, 0.25) is 0 Å². The zero-order valence-corrected chi connectivity index (χ0v) is 10.6. The van der Waals surface area contributed by atoms with Gasteiger partial charge >= 0.3 is 0 Å². The summed E-state index contributed by atoms with van der Waals surface area (Å²) in [4.78, 5) is 11.7. The molecule has 0 aromatic heterocycles. The number of halogens is 2. The molecule has 1 aromatic carbocycles. The summed E-state index contributed by atoms with van der Waals surface area (Å²) in [6.07, 6.45) is 1.91. The molecule has 94 valence electrons. The molecule has 1 N–H and O–H groups in total. The van der Waals surface area contributed by atoms with E-state index in [1.165, 1.54) is 12.1 Å². The Bertz CT molecular complexity index is 353. The highest BCUT2D eigenvalue weighted by Gasteiger charge is 2.10. The van der Waals surface area contributed by atoms with E-state index in [9.17, 15) is 9.18 Å². The van der Waals surface area contributed by atoms with Crippen molar-refractivity contribution < 1.29 is 9.18 Å². The fourth-order valence-electron chi connectivity index (χ4n) is 1.58. The van der Waals surface area contributed by atoms with E-state index in [0.717, 1.165) is 18.4 Å². The number of benzene rings is 1. The van der Waals surface area contributed by atoms with Crippen molar-refractivity contribution in [3.8, 4) is 0 Å². The molecule has 0 heterocycles. The molecule has 0 aliphatic rings. The zero-order chi connectivity index (χ0) is 12.7. The molecule has 2 nitrogen and oxygen atoms in total. The van der Waals surface area contributed by atoms with Crippen LogP contribution >= 0.6 is 11.6 Å². The monoisotopic (exact) mass is 257 g/mol. The molecule has 0 saturated heterocycles. The van der Waals surface area contributed by atoms with Crippen molar-refractivity contribution in [2.75, 3.05) is 5.88 Å². The topological polar surface area (TPSA) is 29.1 Å². The van der Waals surface area contributed by atoms with Crippen molar-refractivity contribution in [2.24, 2.45) is 0 Å². The molecule has 17 heavy (non-hydrogen) atoms. The van der Waals surface area contributed by atoms with Gasteiger partial charge in [-0.1, -0.05) is 19.1 Å². The van der Waals surface area contributed by atoms with Gasteiger partial charge in [-0.25, -0.2) is 4.39 Å². The van der Waals surface area contributed by atoms with Crippen LogP contribution in [0.5, 0.6) is 0 Å². The van der Waals surface area contributed by atoms with Gasteiger partial charge in [0.15, 0.2) is 0 Å². The van der Waals surface area contributed by atoms with Crippen LogP contribution in [0.15, 0.2) is 24.3 Å². The molecule has 1 aromatic rings. The molecular formula is C13H17ClFNO. The number of amides is 1. The van der Waals surface area contributed by atoms with E-state index in [1.807, 2.05) is 6.92 Å². The predicted molar refractivity (Wildman–Crippen MR) is 67.7 cm³/mol. The van der Waals surface area contributed by atoms with Crippen molar-refractivity contribution in [1.29, 1.82) is 0 Å². The lowest BCUT2D eigenvalue weighted by molar-refractivity contribution is -0.121. The van der Waals surface area contributed by atoms with Crippen LogP contribution in [0.25, 0.3) is 0 Å². The van der Waals surface area contributed by atoms with E-state index in [0.29, 0.717) is 5.88 Å². The highest BCUT2D eigenvalue weighted by atomic mass is 35.5. The molecule has 0 bridgehead atoms. The largest absolute Gasteiger partial charge is 0.353 e. The van der Waals surface area contributed by atoms with Gasteiger partial charge in [0.1, 0.15) is 5.82 Å². The summed E-state index contributed by atoms with van der Waals surface area (Å²) in [5.41, 5.74) is 0.810. The predicted octanol–water partition coefficient (Wildman–Crippen LogP) is 2.89. The first kappa shape index (κ1) is 14.0. The molecule has 0 saturated carbocycles. The maximum absolute atomic E-state index is 12.7. The summed E-state index contributed by atoms with van der Waals surface area (Å²) < 4.78 is 12.7. The number of nitrogens with one attached hydrogen (secondary N) is 1. The van der Waals surface area contributed by atoms with Crippen LogP contribution in [-0.4, -0.2) is 17.8 Å². The van der Waals surface area contributed by atoms with Crippen molar-refractivity contribution in [1.82, 2.24) is 5.32 Å². The molecule has 0 aliphatic carbocycles. The van der Waals surface area contributed by atoms with Gasteiger partial charge in [-0.15, -0.1) is 11.6 Å². The van der Waals surface area contributed by atoms with E-state index in [2.05, 4.69) is 5.32 Å². The van der Waals surface area contributed by atoms with Gasteiger partial charge in [0, 0.05) is 11.9 Å². The van der Waals surface area contributed by atoms with Crippen LogP contribution in [0.4, 0.5) is 4.39 Å². The fourth-order valence-corrected chi connectivity index (χ4v) is 1.84. The minimum Gasteiger partial charge on any atom is -0.353 e. The van der Waals surface area contributed by atoms with Crippen LogP contribution < -0.4 is 5.32 Å². The lowest BCUT2D eigenvalue weighted by Gasteiger charge is -2.15. The SMILES string of the molecule is CCC(CCCl)NC(=O)Cc1ccc(F)cc1. The van der Waals surface area contributed by atoms with Crippen LogP contribution in [0.3, 0.4) is 0 Å². The Morgan fingerprint density at radius 3 is 2.59 bits per heavy atom. The lowest BCUT2D eigenvalue weighted by atomic mass is 10.1. The average Bonchev–Trinajstić information content (AvgIpc) is 2.31. The number of alkyl halides is 1. The first-order chi connectivity index (χ1) is 8.15. The molecule has 4 heteroatoms. The second-order valence-corrected chi connectivity index (χ2v) is 4.33. The first-order valence-electron chi connectivity index (χ1n) is 5.75. The van der Waals surface area contributed by atoms with Crippen LogP contribution in [0, 0.1) is 5.82 Å². The molecule has 0 fully saturated rings. The summed E-state index contributed by atoms with van der Waals surface area (Å²) in [5.74, 6) is 0.200. The van der Waals surface area contributed by atoms with Crippen molar-refractivity contribution in [3.63, 3.8) is 0 Å². The number of carbonyl (C=O) groups is 1. The normalized spacial score (nSPS) is 12.2. The first-order valence-corrected chi connectivity index (χ1v) is 6.29. The Labute approximate surface area is 106 Å². The van der Waals surface area contributed by atoms with Gasteiger partial charge in [0.05, 0.1) is 6.42 Å². The molecule has 1 amide bonds. The van der Waals surface area contributed by atoms with Gasteiger partial charge in [-0.05, 0) is 30.5 Å². The van der Waals surface area contributed by atoms with Gasteiger partial charge in [-0.2, -0.15) is 0 Å². The Morgan fingerprint density at radius 1 is 1.41 bits per heavy atom. The summed E-state index contributed by atoms with van der Waals surface area (Å²) in [7, 11) is 0. The van der Waals surface area contributed by atoms with Gasteiger partial charge < -0.3 is 5.32 Å². The maximum Gasteiger partial charge on any atom is 0.224 e. The smallest absolute Gasteiger partial charge is 0.224 e. The van der Waals surface area contributed by atoms with Gasteiger partial charge in [0.25, 0.3) is 0 Å². The minimum atomic E-state index is -0.289. The molecule has 1 rings (SSSR count). The summed E-state index contributed by atoms with van der Waals surface area (Å²) >= 11 is 5.64. The average molecular weight is 258 g/mol. The standard InChI is InChI=1S/C13H17ClFNO/c1-2-12(7-8-14)16-13(17)9-10-3-5-11(15)6-4-10/h3-6,12H,2,7-9H2,1H3,(H,16,17). The third kappa shape index (κ3) is 5.18. The Balaban J connectivity index is 2.46. The van der Waals surface area contributed by atoms with Crippen molar-refractivity contribution in [2.45, 2.75) is 32.2 Å². The van der Waals surface area contributed by atoms with E-state index in [1.54, 1.807) is 12.1 Å². The van der Waals surface area contributed by atoms with Crippen LogP contribution in [0.1, 0.15) is 25.3 Å². The highest BCUT2D eigenvalue weighted by molar-refractivity contribution is 6.17. The summed E-state index contributed by atoms with van der Waals surface area (Å²) in [5, 5.41) is 2.91. The van der Waals surface area contributed by atoms with E-state index >= 15 is 0 Å². The minimum absolute atomic E-state index is 0.0476. The number of rotatable bonds is 6. The molecule has 0 spiro atoms. The molecule has 0 aliphatic heterocycles. The van der Waals surface area contributed by atoms with Gasteiger partial charge in [-0.3, -0.25) is 4.79 Å². The fraction of sp³-hybridized carbons (Fsp3) is 0.462. The number of carbonyl (C=O) groups excluding carboxylic acids is 1. The number of hydrogen-bond donors (Lipinski definition) is 1. The summed E-state index contributed by atoms with van der Waals surface area (Å²) in [6, 6.07) is 6.09. The number of hydrogen-bond acceptors (Lipinski definition) is 1. The van der Waals surface area contributed by atoms with Gasteiger partial charge in [0.2, 0.25) is 5.91 Å². The van der Waals surface area contributed by atoms with Crippen molar-refractivity contribution >= 4 is 17.5 Å². The second-order valence-electron chi connectivity index (χ2n) is 3.95. The molecule has 0 radical (unpaired) electrons. The molecule has 1 atom stereocenters. The van der Waals surface area contributed by atoms with E-state index < -0.39 is 0 Å². The third-order valence-corrected chi connectivity index (χ3v) is 2.81. The molecular weight excluding hydrogens is 241 g/mol. The Morgan fingerprint density at radius 2 is 2.06 bits per heavy atom. The maximum atomic E-state index is 12.7. The zero-order valence-electron chi connectivity index (χ0n) is 9.88. The lowest BCUT2D eigenvalue weighted by Crippen LogP contribution is -2.35. The third-order valence-electron chi connectivity index (χ3n) is 2.59. The van der Waals surface area contributed by atoms with E-state index in [4.69, 9.17) is 11.6 Å². The second kappa shape index (κ2) is 7.28.